The molecule has 2 aromatic rings. The molecule has 0 aliphatic carbocycles. The van der Waals surface area contributed by atoms with Gasteiger partial charge in [0.1, 0.15) is 0 Å². The van der Waals surface area contributed by atoms with Gasteiger partial charge in [-0.05, 0) is 78.2 Å². The fourth-order valence-corrected chi connectivity index (χ4v) is 2.54. The van der Waals surface area contributed by atoms with Crippen LogP contribution in [0.25, 0.3) is 0 Å². The molecule has 0 saturated carbocycles. The molecule has 0 spiro atoms. The topological polar surface area (TPSA) is 12.0 Å². The second-order valence-electron chi connectivity index (χ2n) is 4.90. The monoisotopic (exact) mass is 365 g/mol. The van der Waals surface area contributed by atoms with E-state index < -0.39 is 0 Å². The van der Waals surface area contributed by atoms with E-state index in [0.717, 1.165) is 13.0 Å². The number of hydrogen-bond donors (Lipinski definition) is 1. The van der Waals surface area contributed by atoms with E-state index in [9.17, 15) is 0 Å². The molecule has 2 heteroatoms. The third kappa shape index (κ3) is 4.32. The quantitative estimate of drug-likeness (QED) is 0.770. The summed E-state index contributed by atoms with van der Waals surface area (Å²) in [6.45, 7) is 5.41. The highest BCUT2D eigenvalue weighted by molar-refractivity contribution is 14.1. The molecule has 0 aliphatic rings. The number of hydrogen-bond acceptors (Lipinski definition) is 1. The van der Waals surface area contributed by atoms with Crippen molar-refractivity contribution in [2.45, 2.75) is 26.3 Å². The molecule has 1 unspecified atom stereocenters. The molecule has 19 heavy (non-hydrogen) atoms. The lowest BCUT2D eigenvalue weighted by Gasteiger charge is -2.15. The van der Waals surface area contributed by atoms with Gasteiger partial charge in [-0.1, -0.05) is 36.4 Å². The molecule has 2 rings (SSSR count). The summed E-state index contributed by atoms with van der Waals surface area (Å²) in [5.74, 6) is 0. The summed E-state index contributed by atoms with van der Waals surface area (Å²) in [7, 11) is 0. The highest BCUT2D eigenvalue weighted by atomic mass is 127. The number of benzene rings is 2. The molecule has 2 aromatic carbocycles. The van der Waals surface area contributed by atoms with E-state index >= 15 is 0 Å². The highest BCUT2D eigenvalue weighted by Crippen LogP contribution is 2.14. The van der Waals surface area contributed by atoms with Crippen LogP contribution in [0.5, 0.6) is 0 Å². The van der Waals surface area contributed by atoms with Crippen molar-refractivity contribution in [3.63, 3.8) is 0 Å². The lowest BCUT2D eigenvalue weighted by atomic mass is 10.1. The summed E-state index contributed by atoms with van der Waals surface area (Å²) in [6, 6.07) is 17.7. The van der Waals surface area contributed by atoms with Gasteiger partial charge in [0.15, 0.2) is 0 Å². The summed E-state index contributed by atoms with van der Waals surface area (Å²) in [5.41, 5.74) is 4.17. The van der Waals surface area contributed by atoms with Gasteiger partial charge in [0.2, 0.25) is 0 Å². The molecular formula is C17H20IN. The molecular weight excluding hydrogens is 345 g/mol. The summed E-state index contributed by atoms with van der Waals surface area (Å²) in [4.78, 5) is 0. The molecule has 0 bridgehead atoms. The first kappa shape index (κ1) is 14.5. The van der Waals surface area contributed by atoms with Crippen LogP contribution in [0.1, 0.15) is 29.7 Å². The Labute approximate surface area is 129 Å². The molecule has 0 fully saturated rings. The lowest BCUT2D eigenvalue weighted by Crippen LogP contribution is -2.21. The fourth-order valence-electron chi connectivity index (χ4n) is 2.18. The Morgan fingerprint density at radius 1 is 1.05 bits per heavy atom. The van der Waals surface area contributed by atoms with E-state index in [-0.39, 0.29) is 0 Å². The van der Waals surface area contributed by atoms with Gasteiger partial charge in [0.25, 0.3) is 0 Å². The van der Waals surface area contributed by atoms with E-state index in [1.807, 2.05) is 0 Å². The second kappa shape index (κ2) is 7.06. The van der Waals surface area contributed by atoms with Crippen LogP contribution >= 0.6 is 22.6 Å². The highest BCUT2D eigenvalue weighted by Gasteiger charge is 2.04. The maximum atomic E-state index is 3.59. The van der Waals surface area contributed by atoms with Crippen LogP contribution in [0.3, 0.4) is 0 Å². The van der Waals surface area contributed by atoms with Crippen LogP contribution in [0.15, 0.2) is 48.5 Å². The van der Waals surface area contributed by atoms with Gasteiger partial charge in [-0.25, -0.2) is 0 Å². The van der Waals surface area contributed by atoms with Gasteiger partial charge in [0.05, 0.1) is 0 Å². The Balaban J connectivity index is 1.86. The zero-order valence-corrected chi connectivity index (χ0v) is 13.6. The molecule has 0 aliphatic heterocycles. The van der Waals surface area contributed by atoms with E-state index in [1.54, 1.807) is 0 Å². The van der Waals surface area contributed by atoms with Crippen molar-refractivity contribution in [3.8, 4) is 0 Å². The average Bonchev–Trinajstić information content (AvgIpc) is 2.41. The zero-order chi connectivity index (χ0) is 13.7. The smallest absolute Gasteiger partial charge is 0.0291 e. The van der Waals surface area contributed by atoms with Gasteiger partial charge >= 0.3 is 0 Å². The predicted molar refractivity (Wildman–Crippen MR) is 90.5 cm³/mol. The van der Waals surface area contributed by atoms with Crippen molar-refractivity contribution in [1.29, 1.82) is 0 Å². The minimum absolute atomic E-state index is 0.404. The first-order valence-corrected chi connectivity index (χ1v) is 7.78. The SMILES string of the molecule is Cc1ccccc1CCNC(C)c1ccc(I)cc1. The zero-order valence-electron chi connectivity index (χ0n) is 11.5. The third-order valence-electron chi connectivity index (χ3n) is 3.48. The second-order valence-corrected chi connectivity index (χ2v) is 6.15. The Hall–Kier alpha value is -0.870. The summed E-state index contributed by atoms with van der Waals surface area (Å²) in [6.07, 6.45) is 1.08. The maximum Gasteiger partial charge on any atom is 0.0291 e. The van der Waals surface area contributed by atoms with Gasteiger partial charge in [0, 0.05) is 9.61 Å². The minimum atomic E-state index is 0.404. The first-order valence-electron chi connectivity index (χ1n) is 6.70. The largest absolute Gasteiger partial charge is 0.310 e. The van der Waals surface area contributed by atoms with E-state index in [1.165, 1.54) is 20.3 Å². The number of aryl methyl sites for hydroxylation is 1. The minimum Gasteiger partial charge on any atom is -0.310 e. The molecule has 1 N–H and O–H groups in total. The Kier molecular flexibility index (Phi) is 5.40. The van der Waals surface area contributed by atoms with Gasteiger partial charge in [-0.15, -0.1) is 0 Å². The van der Waals surface area contributed by atoms with Crippen molar-refractivity contribution < 1.29 is 0 Å². The predicted octanol–water partition coefficient (Wildman–Crippen LogP) is 4.49. The first-order chi connectivity index (χ1) is 9.16. The van der Waals surface area contributed by atoms with Crippen molar-refractivity contribution in [3.05, 3.63) is 68.8 Å². The maximum absolute atomic E-state index is 3.59. The standard InChI is InChI=1S/C17H20IN/c1-13-5-3-4-6-15(13)11-12-19-14(2)16-7-9-17(18)10-8-16/h3-10,14,19H,11-12H2,1-2H3. The van der Waals surface area contributed by atoms with E-state index in [2.05, 4.69) is 90.3 Å². The Morgan fingerprint density at radius 3 is 2.42 bits per heavy atom. The third-order valence-corrected chi connectivity index (χ3v) is 4.20. The summed E-state index contributed by atoms with van der Waals surface area (Å²) in [5, 5.41) is 3.59. The van der Waals surface area contributed by atoms with Gasteiger partial charge in [-0.2, -0.15) is 0 Å². The van der Waals surface area contributed by atoms with Crippen LogP contribution in [0.4, 0.5) is 0 Å². The van der Waals surface area contributed by atoms with Crippen molar-refractivity contribution in [1.82, 2.24) is 5.32 Å². The summed E-state index contributed by atoms with van der Waals surface area (Å²) >= 11 is 2.34. The average molecular weight is 365 g/mol. The van der Waals surface area contributed by atoms with Crippen LogP contribution < -0.4 is 5.32 Å². The van der Waals surface area contributed by atoms with E-state index in [4.69, 9.17) is 0 Å². The number of halogens is 1. The Bertz CT molecular complexity index is 519. The molecule has 0 radical (unpaired) electrons. The summed E-state index contributed by atoms with van der Waals surface area (Å²) < 4.78 is 1.29. The molecule has 1 nitrogen and oxygen atoms in total. The number of rotatable bonds is 5. The van der Waals surface area contributed by atoms with Gasteiger partial charge in [-0.3, -0.25) is 0 Å². The van der Waals surface area contributed by atoms with Crippen LogP contribution in [0.2, 0.25) is 0 Å². The number of nitrogens with one attached hydrogen (secondary N) is 1. The van der Waals surface area contributed by atoms with Crippen LogP contribution in [-0.4, -0.2) is 6.54 Å². The van der Waals surface area contributed by atoms with Crippen LogP contribution in [-0.2, 0) is 6.42 Å². The fraction of sp³-hybridized carbons (Fsp3) is 0.294. The van der Waals surface area contributed by atoms with E-state index in [0.29, 0.717) is 6.04 Å². The van der Waals surface area contributed by atoms with Crippen molar-refractivity contribution in [2.24, 2.45) is 0 Å². The molecule has 0 heterocycles. The van der Waals surface area contributed by atoms with Gasteiger partial charge < -0.3 is 5.32 Å². The van der Waals surface area contributed by atoms with Crippen molar-refractivity contribution in [2.75, 3.05) is 6.54 Å². The molecule has 0 aromatic heterocycles. The lowest BCUT2D eigenvalue weighted by molar-refractivity contribution is 0.576. The molecule has 0 saturated heterocycles. The van der Waals surface area contributed by atoms with Crippen molar-refractivity contribution >= 4 is 22.6 Å². The Morgan fingerprint density at radius 2 is 1.74 bits per heavy atom. The molecule has 100 valence electrons. The molecule has 0 amide bonds. The van der Waals surface area contributed by atoms with Crippen LogP contribution in [0, 0.1) is 10.5 Å². The molecule has 1 atom stereocenters. The normalized spacial score (nSPS) is 12.4.